The second-order valence-electron chi connectivity index (χ2n) is 5.22. The van der Waals surface area contributed by atoms with E-state index in [1.54, 1.807) is 30.3 Å². The number of furan rings is 1. The lowest BCUT2D eigenvalue weighted by Crippen LogP contribution is -2.39. The average Bonchev–Trinajstić information content (AvgIpc) is 3.19. The standard InChI is InChI=1S/C17H14N2O5S/c20-12-5-3-11(4-6-12)8-14-16(22)19(17(23)25-14)10-15(21)18-9-13-2-1-7-24-13/h1-8,20H,9-10H2,(H,18,21)/b14-8-. The molecule has 1 fully saturated rings. The number of amides is 3. The molecule has 3 rings (SSSR count). The fourth-order valence-corrected chi connectivity index (χ4v) is 2.99. The van der Waals surface area contributed by atoms with Gasteiger partial charge in [0.05, 0.1) is 17.7 Å². The van der Waals surface area contributed by atoms with Crippen molar-refractivity contribution in [2.24, 2.45) is 0 Å². The lowest BCUT2D eigenvalue weighted by Gasteiger charge is -2.11. The van der Waals surface area contributed by atoms with Crippen LogP contribution < -0.4 is 5.32 Å². The van der Waals surface area contributed by atoms with Crippen LogP contribution in [0.25, 0.3) is 6.08 Å². The predicted octanol–water partition coefficient (Wildman–Crippen LogP) is 2.34. The topological polar surface area (TPSA) is 99.9 Å². The van der Waals surface area contributed by atoms with E-state index >= 15 is 0 Å². The Hall–Kier alpha value is -3.00. The Balaban J connectivity index is 1.62. The number of phenolic OH excluding ortho intramolecular Hbond substituents is 1. The summed E-state index contributed by atoms with van der Waals surface area (Å²) in [6.45, 7) is -0.163. The first-order valence-electron chi connectivity index (χ1n) is 7.36. The van der Waals surface area contributed by atoms with Crippen LogP contribution in [0.4, 0.5) is 4.79 Å². The quantitative estimate of drug-likeness (QED) is 0.796. The van der Waals surface area contributed by atoms with Gasteiger partial charge in [-0.25, -0.2) is 0 Å². The first-order chi connectivity index (χ1) is 12.0. The number of phenols is 1. The molecule has 0 saturated carbocycles. The van der Waals surface area contributed by atoms with E-state index in [2.05, 4.69) is 5.32 Å². The normalized spacial score (nSPS) is 15.8. The Kier molecular flexibility index (Phi) is 4.90. The Morgan fingerprint density at radius 2 is 2.00 bits per heavy atom. The summed E-state index contributed by atoms with van der Waals surface area (Å²) >= 11 is 0.776. The molecular formula is C17H14N2O5S. The summed E-state index contributed by atoms with van der Waals surface area (Å²) in [5, 5.41) is 11.4. The van der Waals surface area contributed by atoms with E-state index in [9.17, 15) is 19.5 Å². The van der Waals surface area contributed by atoms with E-state index in [1.807, 2.05) is 0 Å². The summed E-state index contributed by atoms with van der Waals surface area (Å²) < 4.78 is 5.09. The van der Waals surface area contributed by atoms with Crippen LogP contribution in [0.15, 0.2) is 52.0 Å². The molecule has 2 aromatic rings. The van der Waals surface area contributed by atoms with Crippen molar-refractivity contribution in [1.82, 2.24) is 10.2 Å². The maximum atomic E-state index is 12.3. The minimum absolute atomic E-state index is 0.110. The molecule has 0 unspecified atom stereocenters. The smallest absolute Gasteiger partial charge is 0.294 e. The van der Waals surface area contributed by atoms with Gasteiger partial charge in [-0.3, -0.25) is 19.3 Å². The number of carbonyl (C=O) groups excluding carboxylic acids is 3. The Morgan fingerprint density at radius 1 is 1.24 bits per heavy atom. The van der Waals surface area contributed by atoms with Crippen LogP contribution in [-0.4, -0.2) is 33.6 Å². The Bertz CT molecular complexity index is 827. The van der Waals surface area contributed by atoms with Crippen LogP contribution in [-0.2, 0) is 16.1 Å². The summed E-state index contributed by atoms with van der Waals surface area (Å²) in [6.07, 6.45) is 3.04. The largest absolute Gasteiger partial charge is 0.508 e. The predicted molar refractivity (Wildman–Crippen MR) is 91.3 cm³/mol. The second kappa shape index (κ2) is 7.27. The molecule has 1 saturated heterocycles. The molecule has 3 amide bonds. The molecule has 7 nitrogen and oxygen atoms in total. The van der Waals surface area contributed by atoms with Crippen LogP contribution in [0.5, 0.6) is 5.75 Å². The molecular weight excluding hydrogens is 344 g/mol. The third kappa shape index (κ3) is 4.10. The second-order valence-corrected chi connectivity index (χ2v) is 6.21. The summed E-state index contributed by atoms with van der Waals surface area (Å²) in [7, 11) is 0. The zero-order chi connectivity index (χ0) is 17.8. The summed E-state index contributed by atoms with van der Waals surface area (Å²) in [6, 6.07) is 9.63. The number of nitrogens with one attached hydrogen (secondary N) is 1. The highest BCUT2D eigenvalue weighted by Crippen LogP contribution is 2.32. The van der Waals surface area contributed by atoms with E-state index in [-0.39, 0.29) is 23.7 Å². The molecule has 1 aromatic heterocycles. The fourth-order valence-electron chi connectivity index (χ4n) is 2.16. The summed E-state index contributed by atoms with van der Waals surface area (Å²) in [5.41, 5.74) is 0.672. The van der Waals surface area contributed by atoms with Crippen LogP contribution in [0.3, 0.4) is 0 Å². The van der Waals surface area contributed by atoms with Crippen molar-refractivity contribution in [2.45, 2.75) is 6.54 Å². The van der Waals surface area contributed by atoms with E-state index in [1.165, 1.54) is 18.4 Å². The highest BCUT2D eigenvalue weighted by Gasteiger charge is 2.36. The van der Waals surface area contributed by atoms with Gasteiger partial charge in [-0.1, -0.05) is 12.1 Å². The van der Waals surface area contributed by atoms with Gasteiger partial charge in [-0.15, -0.1) is 0 Å². The van der Waals surface area contributed by atoms with Gasteiger partial charge in [0.1, 0.15) is 18.1 Å². The van der Waals surface area contributed by atoms with Gasteiger partial charge in [0.25, 0.3) is 11.1 Å². The van der Waals surface area contributed by atoms with Gasteiger partial charge >= 0.3 is 0 Å². The zero-order valence-electron chi connectivity index (χ0n) is 13.0. The van der Waals surface area contributed by atoms with E-state index in [0.717, 1.165) is 16.7 Å². The number of aromatic hydroxyl groups is 1. The van der Waals surface area contributed by atoms with Crippen molar-refractivity contribution in [2.75, 3.05) is 6.54 Å². The molecule has 1 aromatic carbocycles. The third-order valence-corrected chi connectivity index (χ3v) is 4.31. The highest BCUT2D eigenvalue weighted by atomic mass is 32.2. The zero-order valence-corrected chi connectivity index (χ0v) is 13.8. The van der Waals surface area contributed by atoms with Crippen molar-refractivity contribution >= 4 is 34.9 Å². The van der Waals surface area contributed by atoms with Gasteiger partial charge < -0.3 is 14.8 Å². The van der Waals surface area contributed by atoms with Crippen LogP contribution in [0.2, 0.25) is 0 Å². The molecule has 8 heteroatoms. The Morgan fingerprint density at radius 3 is 2.68 bits per heavy atom. The minimum Gasteiger partial charge on any atom is -0.508 e. The Labute approximate surface area is 147 Å². The van der Waals surface area contributed by atoms with E-state index in [4.69, 9.17) is 4.42 Å². The molecule has 0 bridgehead atoms. The lowest BCUT2D eigenvalue weighted by atomic mass is 10.2. The molecule has 0 radical (unpaired) electrons. The highest BCUT2D eigenvalue weighted by molar-refractivity contribution is 8.18. The number of thioether (sulfide) groups is 1. The van der Waals surface area contributed by atoms with Crippen LogP contribution in [0, 0.1) is 0 Å². The average molecular weight is 358 g/mol. The number of rotatable bonds is 5. The molecule has 0 atom stereocenters. The van der Waals surface area contributed by atoms with Gasteiger partial charge in [0.15, 0.2) is 0 Å². The maximum Gasteiger partial charge on any atom is 0.294 e. The monoisotopic (exact) mass is 358 g/mol. The number of benzene rings is 1. The van der Waals surface area contributed by atoms with Gasteiger partial charge in [0.2, 0.25) is 5.91 Å². The molecule has 128 valence electrons. The summed E-state index contributed by atoms with van der Waals surface area (Å²) in [5.74, 6) is -0.283. The number of carbonyl (C=O) groups is 3. The van der Waals surface area contributed by atoms with Gasteiger partial charge in [0, 0.05) is 0 Å². The first kappa shape index (κ1) is 16.8. The maximum absolute atomic E-state index is 12.3. The van der Waals surface area contributed by atoms with Gasteiger partial charge in [-0.05, 0) is 47.7 Å². The molecule has 25 heavy (non-hydrogen) atoms. The van der Waals surface area contributed by atoms with Crippen LogP contribution in [0.1, 0.15) is 11.3 Å². The molecule has 0 aliphatic carbocycles. The molecule has 2 heterocycles. The van der Waals surface area contributed by atoms with E-state index in [0.29, 0.717) is 11.3 Å². The third-order valence-electron chi connectivity index (χ3n) is 3.41. The van der Waals surface area contributed by atoms with E-state index < -0.39 is 17.1 Å². The number of imide groups is 1. The van der Waals surface area contributed by atoms with Crippen molar-refractivity contribution in [3.8, 4) is 5.75 Å². The number of hydrogen-bond acceptors (Lipinski definition) is 6. The fraction of sp³-hybridized carbons (Fsp3) is 0.118. The molecule has 1 aliphatic heterocycles. The van der Waals surface area contributed by atoms with Crippen molar-refractivity contribution in [3.05, 3.63) is 58.9 Å². The first-order valence-corrected chi connectivity index (χ1v) is 8.18. The number of hydrogen-bond donors (Lipinski definition) is 2. The van der Waals surface area contributed by atoms with Crippen LogP contribution >= 0.6 is 11.8 Å². The number of nitrogens with zero attached hydrogens (tertiary/aromatic N) is 1. The molecule has 1 aliphatic rings. The summed E-state index contributed by atoms with van der Waals surface area (Å²) in [4.78, 5) is 37.4. The van der Waals surface area contributed by atoms with Crippen molar-refractivity contribution < 1.29 is 23.9 Å². The van der Waals surface area contributed by atoms with Gasteiger partial charge in [-0.2, -0.15) is 0 Å². The molecule has 0 spiro atoms. The SMILES string of the molecule is O=C(CN1C(=O)S/C(=C\c2ccc(O)cc2)C1=O)NCc1ccco1. The molecule has 2 N–H and O–H groups in total. The minimum atomic E-state index is -0.517. The van der Waals surface area contributed by atoms with Crippen molar-refractivity contribution in [1.29, 1.82) is 0 Å². The lowest BCUT2D eigenvalue weighted by molar-refractivity contribution is -0.129. The van der Waals surface area contributed by atoms with Crippen molar-refractivity contribution in [3.63, 3.8) is 0 Å².